The van der Waals surface area contributed by atoms with Crippen LogP contribution in [0.15, 0.2) is 53.7 Å². The van der Waals surface area contributed by atoms with Crippen molar-refractivity contribution in [2.75, 3.05) is 12.4 Å². The molecular weight excluding hydrogens is 349 g/mol. The lowest BCUT2D eigenvalue weighted by Crippen LogP contribution is -2.26. The molecule has 0 fully saturated rings. The molecule has 1 amide bonds. The number of carbonyl (C=O) groups is 1. The summed E-state index contributed by atoms with van der Waals surface area (Å²) in [7, 11) is 1.52. The summed E-state index contributed by atoms with van der Waals surface area (Å²) in [6, 6.07) is 11.2. The van der Waals surface area contributed by atoms with E-state index in [-0.39, 0.29) is 5.69 Å². The molecule has 2 aromatic rings. The number of carbonyl (C=O) groups excluding carboxylic acids is 1. The number of alkyl halides is 3. The topological polar surface area (TPSA) is 59.9 Å². The van der Waals surface area contributed by atoms with Gasteiger partial charge < -0.3 is 14.9 Å². The van der Waals surface area contributed by atoms with Crippen molar-refractivity contribution >= 4 is 17.8 Å². The third kappa shape index (κ3) is 5.23. The fourth-order valence-electron chi connectivity index (χ4n) is 1.99. The van der Waals surface area contributed by atoms with E-state index in [1.807, 2.05) is 0 Å². The average Bonchev–Trinajstić information content (AvgIpc) is 2.61. The first-order valence-corrected chi connectivity index (χ1v) is 7.61. The van der Waals surface area contributed by atoms with E-state index in [2.05, 4.69) is 10.5 Å². The molecule has 0 heterocycles. The van der Waals surface area contributed by atoms with Crippen LogP contribution in [0, 0.1) is 0 Å². The van der Waals surface area contributed by atoms with E-state index in [0.717, 1.165) is 12.1 Å². The maximum Gasteiger partial charge on any atom is 0.416 e. The smallest absolute Gasteiger partial charge is 0.416 e. The van der Waals surface area contributed by atoms with Crippen LogP contribution in [0.3, 0.4) is 0 Å². The Balaban J connectivity index is 1.92. The number of halogens is 3. The van der Waals surface area contributed by atoms with E-state index in [0.29, 0.717) is 11.3 Å². The number of para-hydroxylation sites is 1. The number of hydrogen-bond donors (Lipinski definition) is 1. The van der Waals surface area contributed by atoms with E-state index in [4.69, 9.17) is 9.57 Å². The number of anilines is 1. The molecule has 0 aromatic heterocycles. The van der Waals surface area contributed by atoms with E-state index >= 15 is 0 Å². The quantitative estimate of drug-likeness (QED) is 0.619. The Bertz CT molecular complexity index is 774. The molecule has 0 aliphatic heterocycles. The van der Waals surface area contributed by atoms with Crippen molar-refractivity contribution in [3.8, 4) is 5.75 Å². The lowest BCUT2D eigenvalue weighted by molar-refractivity contribution is -0.137. The molecule has 8 heteroatoms. The maximum atomic E-state index is 12.5. The molecule has 0 spiro atoms. The van der Waals surface area contributed by atoms with Gasteiger partial charge in [0.05, 0.1) is 18.9 Å². The van der Waals surface area contributed by atoms with E-state index < -0.39 is 23.8 Å². The molecule has 1 atom stereocenters. The lowest BCUT2D eigenvalue weighted by atomic mass is 10.2. The summed E-state index contributed by atoms with van der Waals surface area (Å²) in [4.78, 5) is 17.1. The van der Waals surface area contributed by atoms with Crippen LogP contribution in [-0.4, -0.2) is 25.3 Å². The van der Waals surface area contributed by atoms with Crippen molar-refractivity contribution in [1.29, 1.82) is 0 Å². The Hall–Kier alpha value is -3.03. The van der Waals surface area contributed by atoms with Crippen LogP contribution >= 0.6 is 0 Å². The molecule has 2 aromatic carbocycles. The largest absolute Gasteiger partial charge is 0.496 e. The van der Waals surface area contributed by atoms with Crippen molar-refractivity contribution in [2.24, 2.45) is 5.16 Å². The molecule has 0 aliphatic rings. The van der Waals surface area contributed by atoms with Gasteiger partial charge in [-0.25, -0.2) is 0 Å². The highest BCUT2D eigenvalue weighted by molar-refractivity contribution is 5.94. The van der Waals surface area contributed by atoms with Crippen LogP contribution in [-0.2, 0) is 15.8 Å². The second-order valence-corrected chi connectivity index (χ2v) is 5.29. The van der Waals surface area contributed by atoms with Crippen molar-refractivity contribution in [2.45, 2.75) is 19.2 Å². The molecule has 0 bridgehead atoms. The molecule has 0 unspecified atom stereocenters. The minimum atomic E-state index is -4.42. The van der Waals surface area contributed by atoms with Gasteiger partial charge in [-0.3, -0.25) is 4.79 Å². The van der Waals surface area contributed by atoms with Gasteiger partial charge >= 0.3 is 6.18 Å². The Morgan fingerprint density at radius 3 is 2.42 bits per heavy atom. The highest BCUT2D eigenvalue weighted by Crippen LogP contribution is 2.29. The highest BCUT2D eigenvalue weighted by Gasteiger charge is 2.30. The number of methoxy groups -OCH3 is 1. The van der Waals surface area contributed by atoms with Crippen molar-refractivity contribution in [3.63, 3.8) is 0 Å². The Kier molecular flexibility index (Phi) is 6.21. The predicted octanol–water partition coefficient (Wildman–Crippen LogP) is 4.09. The van der Waals surface area contributed by atoms with Gasteiger partial charge in [-0.05, 0) is 43.3 Å². The first kappa shape index (κ1) is 19.3. The van der Waals surface area contributed by atoms with Crippen molar-refractivity contribution in [1.82, 2.24) is 0 Å². The molecule has 0 saturated carbocycles. The van der Waals surface area contributed by atoms with Crippen LogP contribution in [0.4, 0.5) is 18.9 Å². The standard InChI is InChI=1S/C18H17F3N2O3/c1-12(26-22-11-13-5-3-4-6-16(13)25-2)17(24)23-15-9-7-14(8-10-15)18(19,20)21/h3-12H,1-2H3,(H,23,24)/b22-11-/t12-/m0/s1. The molecule has 2 rings (SSSR count). The summed E-state index contributed by atoms with van der Waals surface area (Å²) >= 11 is 0. The zero-order valence-electron chi connectivity index (χ0n) is 14.1. The molecule has 26 heavy (non-hydrogen) atoms. The van der Waals surface area contributed by atoms with Crippen molar-refractivity contribution in [3.05, 3.63) is 59.7 Å². The Labute approximate surface area is 148 Å². The number of ether oxygens (including phenoxy) is 1. The van der Waals surface area contributed by atoms with Gasteiger partial charge in [0, 0.05) is 11.3 Å². The summed E-state index contributed by atoms with van der Waals surface area (Å²) < 4.78 is 42.7. The molecule has 0 aliphatic carbocycles. The fourth-order valence-corrected chi connectivity index (χ4v) is 1.99. The second kappa shape index (κ2) is 8.37. The molecule has 1 N–H and O–H groups in total. The number of rotatable bonds is 6. The summed E-state index contributed by atoms with van der Waals surface area (Å²) in [5, 5.41) is 6.21. The number of nitrogens with one attached hydrogen (secondary N) is 1. The molecule has 5 nitrogen and oxygen atoms in total. The number of oxime groups is 1. The van der Waals surface area contributed by atoms with E-state index in [9.17, 15) is 18.0 Å². The number of hydrogen-bond acceptors (Lipinski definition) is 4. The van der Waals surface area contributed by atoms with Gasteiger partial charge in [0.15, 0.2) is 0 Å². The average molecular weight is 366 g/mol. The molecule has 138 valence electrons. The second-order valence-electron chi connectivity index (χ2n) is 5.29. The highest BCUT2D eigenvalue weighted by atomic mass is 19.4. The minimum Gasteiger partial charge on any atom is -0.496 e. The zero-order chi connectivity index (χ0) is 19.2. The summed E-state index contributed by atoms with van der Waals surface area (Å²) in [6.07, 6.45) is -3.96. The number of benzene rings is 2. The maximum absolute atomic E-state index is 12.5. The van der Waals surface area contributed by atoms with Gasteiger partial charge in [-0.15, -0.1) is 0 Å². The van der Waals surface area contributed by atoms with E-state index in [1.165, 1.54) is 32.4 Å². The lowest BCUT2D eigenvalue weighted by Gasteiger charge is -2.12. The van der Waals surface area contributed by atoms with Gasteiger partial charge in [-0.1, -0.05) is 17.3 Å². The van der Waals surface area contributed by atoms with Gasteiger partial charge in [0.2, 0.25) is 6.10 Å². The monoisotopic (exact) mass is 366 g/mol. The number of nitrogens with zero attached hydrogens (tertiary/aromatic N) is 1. The van der Waals surface area contributed by atoms with Crippen molar-refractivity contribution < 1.29 is 27.5 Å². The Morgan fingerprint density at radius 1 is 1.15 bits per heavy atom. The van der Waals surface area contributed by atoms with Crippen LogP contribution in [0.5, 0.6) is 5.75 Å². The summed E-state index contributed by atoms with van der Waals surface area (Å²) in [6.45, 7) is 1.47. The summed E-state index contributed by atoms with van der Waals surface area (Å²) in [5.41, 5.74) is 0.110. The SMILES string of the molecule is COc1ccccc1/C=N\O[C@@H](C)C(=O)Nc1ccc(C(F)(F)F)cc1. The Morgan fingerprint density at radius 2 is 1.81 bits per heavy atom. The molecule has 0 saturated heterocycles. The normalized spacial score (nSPS) is 12.7. The number of amides is 1. The predicted molar refractivity (Wildman–Crippen MR) is 91.2 cm³/mol. The molecular formula is C18H17F3N2O3. The van der Waals surface area contributed by atoms with Gasteiger partial charge in [0.25, 0.3) is 5.91 Å². The van der Waals surface area contributed by atoms with Crippen LogP contribution < -0.4 is 10.1 Å². The van der Waals surface area contributed by atoms with Crippen LogP contribution in [0.1, 0.15) is 18.1 Å². The minimum absolute atomic E-state index is 0.229. The third-order valence-corrected chi connectivity index (χ3v) is 3.40. The summed E-state index contributed by atoms with van der Waals surface area (Å²) in [5.74, 6) is 0.0589. The zero-order valence-corrected chi connectivity index (χ0v) is 14.1. The van der Waals surface area contributed by atoms with Crippen LogP contribution in [0.2, 0.25) is 0 Å². The first-order valence-electron chi connectivity index (χ1n) is 7.61. The first-order chi connectivity index (χ1) is 12.3. The third-order valence-electron chi connectivity index (χ3n) is 3.40. The van der Waals surface area contributed by atoms with E-state index in [1.54, 1.807) is 24.3 Å². The fraction of sp³-hybridized carbons (Fsp3) is 0.222. The van der Waals surface area contributed by atoms with Gasteiger partial charge in [0.1, 0.15) is 5.75 Å². The van der Waals surface area contributed by atoms with Gasteiger partial charge in [-0.2, -0.15) is 13.2 Å². The molecule has 0 radical (unpaired) electrons. The van der Waals surface area contributed by atoms with Crippen LogP contribution in [0.25, 0.3) is 0 Å².